The van der Waals surface area contributed by atoms with Crippen molar-refractivity contribution in [1.82, 2.24) is 10.6 Å². The van der Waals surface area contributed by atoms with E-state index < -0.39 is 36.9 Å². The van der Waals surface area contributed by atoms with Crippen LogP contribution in [0.15, 0.2) is 24.3 Å². The average Bonchev–Trinajstić information content (AvgIpc) is 2.62. The Bertz CT molecular complexity index is 598. The third kappa shape index (κ3) is 6.77. The van der Waals surface area contributed by atoms with Crippen molar-refractivity contribution in [1.29, 1.82) is 0 Å². The summed E-state index contributed by atoms with van der Waals surface area (Å²) >= 11 is 0. The zero-order valence-electron chi connectivity index (χ0n) is 13.3. The molecule has 0 radical (unpaired) electrons. The van der Waals surface area contributed by atoms with Crippen LogP contribution in [0.5, 0.6) is 5.75 Å². The van der Waals surface area contributed by atoms with Gasteiger partial charge in [0, 0.05) is 5.56 Å². The molecular formula is C15H18N2O7. The van der Waals surface area contributed by atoms with Crippen LogP contribution >= 0.6 is 0 Å². The largest absolute Gasteiger partial charge is 0.497 e. The number of nitrogens with one attached hydrogen (secondary N) is 2. The molecule has 0 saturated carbocycles. The highest BCUT2D eigenvalue weighted by Crippen LogP contribution is 2.10. The number of carbonyl (C=O) groups is 4. The molecule has 0 saturated heterocycles. The van der Waals surface area contributed by atoms with E-state index in [-0.39, 0.29) is 6.54 Å². The van der Waals surface area contributed by atoms with Crippen molar-refractivity contribution < 1.29 is 33.4 Å². The molecule has 0 spiro atoms. The van der Waals surface area contributed by atoms with E-state index in [4.69, 9.17) is 4.74 Å². The molecule has 130 valence electrons. The number of carbonyl (C=O) groups excluding carboxylic acids is 4. The Kier molecular flexibility index (Phi) is 7.76. The molecule has 9 heteroatoms. The highest BCUT2D eigenvalue weighted by Gasteiger charge is 2.11. The van der Waals surface area contributed by atoms with Gasteiger partial charge in [-0.05, 0) is 24.3 Å². The summed E-state index contributed by atoms with van der Waals surface area (Å²) in [5.74, 6) is -1.93. The Morgan fingerprint density at radius 2 is 1.54 bits per heavy atom. The van der Waals surface area contributed by atoms with Crippen molar-refractivity contribution in [3.63, 3.8) is 0 Å². The van der Waals surface area contributed by atoms with Crippen molar-refractivity contribution in [2.75, 3.05) is 33.9 Å². The smallest absolute Gasteiger partial charge is 0.325 e. The van der Waals surface area contributed by atoms with Gasteiger partial charge in [0.05, 0.1) is 14.2 Å². The number of hydrogen-bond donors (Lipinski definition) is 2. The van der Waals surface area contributed by atoms with Gasteiger partial charge in [0.1, 0.15) is 18.8 Å². The first kappa shape index (κ1) is 18.9. The number of amides is 2. The van der Waals surface area contributed by atoms with E-state index in [1.807, 2.05) is 0 Å². The van der Waals surface area contributed by atoms with Crippen LogP contribution in [-0.2, 0) is 23.9 Å². The highest BCUT2D eigenvalue weighted by atomic mass is 16.5. The highest BCUT2D eigenvalue weighted by molar-refractivity contribution is 5.96. The summed E-state index contributed by atoms with van der Waals surface area (Å²) in [7, 11) is 2.69. The number of methoxy groups -OCH3 is 2. The van der Waals surface area contributed by atoms with Gasteiger partial charge in [0.2, 0.25) is 0 Å². The van der Waals surface area contributed by atoms with Crippen LogP contribution in [0, 0.1) is 0 Å². The summed E-state index contributed by atoms with van der Waals surface area (Å²) < 4.78 is 14.0. The van der Waals surface area contributed by atoms with Crippen molar-refractivity contribution >= 4 is 23.8 Å². The van der Waals surface area contributed by atoms with Gasteiger partial charge < -0.3 is 24.8 Å². The second-order valence-electron chi connectivity index (χ2n) is 4.42. The third-order valence-electron chi connectivity index (χ3n) is 2.77. The Hall–Kier alpha value is -3.10. The molecule has 2 amide bonds. The average molecular weight is 338 g/mol. The maximum atomic E-state index is 11.8. The fourth-order valence-electron chi connectivity index (χ4n) is 1.49. The Balaban J connectivity index is 2.28. The Labute approximate surface area is 138 Å². The second-order valence-corrected chi connectivity index (χ2v) is 4.42. The van der Waals surface area contributed by atoms with Crippen LogP contribution < -0.4 is 15.4 Å². The van der Waals surface area contributed by atoms with Gasteiger partial charge in [-0.2, -0.15) is 0 Å². The number of ether oxygens (including phenoxy) is 3. The van der Waals surface area contributed by atoms with Gasteiger partial charge in [-0.3, -0.25) is 19.2 Å². The van der Waals surface area contributed by atoms with Crippen LogP contribution in [0.4, 0.5) is 0 Å². The molecule has 0 unspecified atom stereocenters. The number of esters is 2. The SMILES string of the molecule is COC(=O)CNC(=O)COC(=O)CNC(=O)c1ccc(OC)cc1. The molecule has 1 rings (SSSR count). The van der Waals surface area contributed by atoms with Gasteiger partial charge in [0.25, 0.3) is 11.8 Å². The third-order valence-corrected chi connectivity index (χ3v) is 2.77. The van der Waals surface area contributed by atoms with Crippen LogP contribution in [0.2, 0.25) is 0 Å². The number of hydrogen-bond acceptors (Lipinski definition) is 7. The standard InChI is InChI=1S/C15H18N2O7/c1-22-11-5-3-10(4-6-11)15(21)17-8-14(20)24-9-12(18)16-7-13(19)23-2/h3-6H,7-9H2,1-2H3,(H,16,18)(H,17,21). The number of rotatable bonds is 8. The fraction of sp³-hybridized carbons (Fsp3) is 0.333. The summed E-state index contributed by atoms with van der Waals surface area (Å²) in [4.78, 5) is 45.4. The minimum Gasteiger partial charge on any atom is -0.497 e. The lowest BCUT2D eigenvalue weighted by Crippen LogP contribution is -2.36. The van der Waals surface area contributed by atoms with Crippen molar-refractivity contribution in [2.24, 2.45) is 0 Å². The molecule has 0 fully saturated rings. The lowest BCUT2D eigenvalue weighted by molar-refractivity contribution is -0.148. The molecule has 1 aromatic rings. The molecule has 9 nitrogen and oxygen atoms in total. The van der Waals surface area contributed by atoms with Gasteiger partial charge in [-0.15, -0.1) is 0 Å². The van der Waals surface area contributed by atoms with Crippen molar-refractivity contribution in [3.05, 3.63) is 29.8 Å². The first-order valence-corrected chi connectivity index (χ1v) is 6.87. The molecule has 0 aromatic heterocycles. The monoisotopic (exact) mass is 338 g/mol. The zero-order valence-corrected chi connectivity index (χ0v) is 13.3. The molecule has 0 heterocycles. The molecule has 0 aliphatic carbocycles. The molecule has 0 bridgehead atoms. The molecule has 24 heavy (non-hydrogen) atoms. The molecule has 0 atom stereocenters. The first-order chi connectivity index (χ1) is 11.5. The minimum atomic E-state index is -0.787. The van der Waals surface area contributed by atoms with E-state index in [1.54, 1.807) is 24.3 Å². The lowest BCUT2D eigenvalue weighted by Gasteiger charge is -2.07. The second kappa shape index (κ2) is 9.82. The maximum absolute atomic E-state index is 11.8. The molecule has 0 aliphatic rings. The van der Waals surface area contributed by atoms with E-state index in [0.717, 1.165) is 0 Å². The fourth-order valence-corrected chi connectivity index (χ4v) is 1.49. The lowest BCUT2D eigenvalue weighted by atomic mass is 10.2. The quantitative estimate of drug-likeness (QED) is 0.599. The number of benzene rings is 1. The molecular weight excluding hydrogens is 320 g/mol. The Morgan fingerprint density at radius 1 is 0.917 bits per heavy atom. The van der Waals surface area contributed by atoms with Gasteiger partial charge in [0.15, 0.2) is 6.61 Å². The molecule has 2 N–H and O–H groups in total. The van der Waals surface area contributed by atoms with E-state index >= 15 is 0 Å². The van der Waals surface area contributed by atoms with Crippen LogP contribution in [0.1, 0.15) is 10.4 Å². The summed E-state index contributed by atoms with van der Waals surface area (Å²) in [6.45, 7) is -1.27. The summed E-state index contributed by atoms with van der Waals surface area (Å²) in [6, 6.07) is 6.30. The van der Waals surface area contributed by atoms with E-state index in [0.29, 0.717) is 11.3 Å². The maximum Gasteiger partial charge on any atom is 0.325 e. The van der Waals surface area contributed by atoms with Crippen LogP contribution in [0.3, 0.4) is 0 Å². The van der Waals surface area contributed by atoms with E-state index in [2.05, 4.69) is 20.1 Å². The minimum absolute atomic E-state index is 0.318. The van der Waals surface area contributed by atoms with Gasteiger partial charge in [-0.25, -0.2) is 0 Å². The summed E-state index contributed by atoms with van der Waals surface area (Å²) in [5, 5.41) is 4.56. The van der Waals surface area contributed by atoms with Crippen molar-refractivity contribution in [3.8, 4) is 5.75 Å². The Morgan fingerprint density at radius 3 is 2.12 bits per heavy atom. The first-order valence-electron chi connectivity index (χ1n) is 6.87. The molecule has 0 aliphatic heterocycles. The summed E-state index contributed by atoms with van der Waals surface area (Å²) in [5.41, 5.74) is 0.347. The van der Waals surface area contributed by atoms with E-state index in [9.17, 15) is 19.2 Å². The summed E-state index contributed by atoms with van der Waals surface area (Å²) in [6.07, 6.45) is 0. The molecule has 1 aromatic carbocycles. The van der Waals surface area contributed by atoms with E-state index in [1.165, 1.54) is 14.2 Å². The van der Waals surface area contributed by atoms with Gasteiger partial charge in [-0.1, -0.05) is 0 Å². The topological polar surface area (TPSA) is 120 Å². The normalized spacial score (nSPS) is 9.58. The van der Waals surface area contributed by atoms with Gasteiger partial charge >= 0.3 is 11.9 Å². The van der Waals surface area contributed by atoms with Crippen molar-refractivity contribution in [2.45, 2.75) is 0 Å². The zero-order chi connectivity index (χ0) is 17.9. The van der Waals surface area contributed by atoms with Crippen LogP contribution in [0.25, 0.3) is 0 Å². The van der Waals surface area contributed by atoms with Crippen LogP contribution in [-0.4, -0.2) is 57.7 Å². The predicted molar refractivity (Wildman–Crippen MR) is 81.3 cm³/mol. The predicted octanol–water partition coefficient (Wildman–Crippen LogP) is -0.743.